The van der Waals surface area contributed by atoms with Crippen molar-refractivity contribution in [1.82, 2.24) is 19.5 Å². The first kappa shape index (κ1) is 21.0. The Bertz CT molecular complexity index is 1030. The van der Waals surface area contributed by atoms with Crippen LogP contribution in [0.3, 0.4) is 0 Å². The third kappa shape index (κ3) is 4.04. The lowest BCUT2D eigenvalue weighted by Crippen LogP contribution is -2.38. The minimum atomic E-state index is -0.997. The number of hydrogen-bond acceptors (Lipinski definition) is 10. The molecule has 31 heavy (non-hydrogen) atoms. The molecule has 2 aromatic heterocycles. The van der Waals surface area contributed by atoms with Gasteiger partial charge in [-0.05, 0) is 19.3 Å². The van der Waals surface area contributed by atoms with Crippen LogP contribution in [-0.2, 0) is 23.8 Å². The van der Waals surface area contributed by atoms with E-state index in [1.807, 2.05) is 0 Å². The summed E-state index contributed by atoms with van der Waals surface area (Å²) in [5.74, 6) is 1.75. The van der Waals surface area contributed by atoms with Crippen LogP contribution >= 0.6 is 0 Å². The molecule has 0 unspecified atom stereocenters. The highest BCUT2D eigenvalue weighted by Gasteiger charge is 2.50. The summed E-state index contributed by atoms with van der Waals surface area (Å²) < 4.78 is 18.2. The van der Waals surface area contributed by atoms with E-state index < -0.39 is 42.6 Å². The highest BCUT2D eigenvalue weighted by Crippen LogP contribution is 2.36. The van der Waals surface area contributed by atoms with Gasteiger partial charge in [-0.2, -0.15) is 0 Å². The predicted octanol–water partition coefficient (Wildman–Crippen LogP) is 0.546. The van der Waals surface area contributed by atoms with E-state index in [2.05, 4.69) is 26.2 Å². The fraction of sp³-hybridized carbons (Fsp3) is 0.550. The number of aliphatic hydroxyl groups excluding tert-OH is 1. The number of carbonyl (C=O) groups is 2. The molecule has 0 radical (unpaired) electrons. The second kappa shape index (κ2) is 8.49. The average Bonchev–Trinajstić information content (AvgIpc) is 3.40. The first-order valence-corrected chi connectivity index (χ1v) is 9.97. The number of anilines is 1. The number of esters is 2. The summed E-state index contributed by atoms with van der Waals surface area (Å²) in [5.41, 5.74) is 0.867. The summed E-state index contributed by atoms with van der Waals surface area (Å²) in [4.78, 5) is 36.3. The van der Waals surface area contributed by atoms with Crippen LogP contribution in [0.1, 0.15) is 39.3 Å². The first-order valence-electron chi connectivity index (χ1n) is 9.97. The average molecular weight is 429 g/mol. The maximum Gasteiger partial charge on any atom is 0.303 e. The van der Waals surface area contributed by atoms with Gasteiger partial charge < -0.3 is 24.6 Å². The molecule has 0 spiro atoms. The molecule has 0 amide bonds. The zero-order valence-corrected chi connectivity index (χ0v) is 17.1. The van der Waals surface area contributed by atoms with Gasteiger partial charge in [-0.3, -0.25) is 14.2 Å². The van der Waals surface area contributed by atoms with E-state index in [4.69, 9.17) is 20.6 Å². The van der Waals surface area contributed by atoms with Gasteiger partial charge in [0.05, 0.1) is 18.5 Å². The Morgan fingerprint density at radius 3 is 2.61 bits per heavy atom. The Balaban J connectivity index is 1.69. The van der Waals surface area contributed by atoms with Crippen molar-refractivity contribution in [3.63, 3.8) is 0 Å². The minimum absolute atomic E-state index is 0.126. The molecule has 2 fully saturated rings. The molecule has 0 aromatic carbocycles. The summed E-state index contributed by atoms with van der Waals surface area (Å²) in [7, 11) is 0. The van der Waals surface area contributed by atoms with Gasteiger partial charge in [0.2, 0.25) is 0 Å². The zero-order chi connectivity index (χ0) is 22.1. The smallest absolute Gasteiger partial charge is 0.303 e. The summed E-state index contributed by atoms with van der Waals surface area (Å²) in [6.45, 7) is 2.48. The van der Waals surface area contributed by atoms with E-state index in [1.165, 1.54) is 26.5 Å². The van der Waals surface area contributed by atoms with Gasteiger partial charge in [0, 0.05) is 13.8 Å². The number of terminal acetylenes is 1. The van der Waals surface area contributed by atoms with E-state index in [0.29, 0.717) is 17.0 Å². The molecule has 0 bridgehead atoms. The molecule has 2 N–H and O–H groups in total. The maximum absolute atomic E-state index is 11.7. The molecule has 2 aliphatic rings. The molecule has 1 saturated heterocycles. The van der Waals surface area contributed by atoms with Gasteiger partial charge >= 0.3 is 11.9 Å². The summed E-state index contributed by atoms with van der Waals surface area (Å²) in [6.07, 6.45) is 6.58. The van der Waals surface area contributed by atoms with Gasteiger partial charge in [0.1, 0.15) is 6.33 Å². The van der Waals surface area contributed by atoms with Crippen LogP contribution in [0.5, 0.6) is 0 Å². The van der Waals surface area contributed by atoms with Gasteiger partial charge in [-0.1, -0.05) is 5.92 Å². The molecular formula is C20H23N5O6. The third-order valence-corrected chi connectivity index (χ3v) is 5.39. The van der Waals surface area contributed by atoms with Gasteiger partial charge in [0.25, 0.3) is 0 Å². The Labute approximate surface area is 178 Å². The van der Waals surface area contributed by atoms with Crippen molar-refractivity contribution in [2.75, 3.05) is 5.32 Å². The van der Waals surface area contributed by atoms with Crippen LogP contribution in [0, 0.1) is 12.3 Å². The van der Waals surface area contributed by atoms with Crippen LogP contribution in [-0.4, -0.2) is 67.0 Å². The predicted molar refractivity (Wildman–Crippen MR) is 106 cm³/mol. The van der Waals surface area contributed by atoms with E-state index >= 15 is 0 Å². The normalized spacial score (nSPS) is 30.1. The lowest BCUT2D eigenvalue weighted by atomic mass is 10.1. The maximum atomic E-state index is 11.7. The molecule has 6 atom stereocenters. The van der Waals surface area contributed by atoms with Crippen molar-refractivity contribution in [1.29, 1.82) is 0 Å². The quantitative estimate of drug-likeness (QED) is 0.512. The Morgan fingerprint density at radius 2 is 1.97 bits per heavy atom. The van der Waals surface area contributed by atoms with Crippen molar-refractivity contribution in [2.24, 2.45) is 0 Å². The molecule has 11 heteroatoms. The van der Waals surface area contributed by atoms with Crippen LogP contribution in [0.25, 0.3) is 11.2 Å². The van der Waals surface area contributed by atoms with Crippen molar-refractivity contribution in [3.05, 3.63) is 12.7 Å². The number of aliphatic hydroxyl groups is 1. The molecule has 2 aromatic rings. The minimum Gasteiger partial charge on any atom is -0.455 e. The largest absolute Gasteiger partial charge is 0.455 e. The fourth-order valence-electron chi connectivity index (χ4n) is 4.06. The number of imidazole rings is 1. The highest BCUT2D eigenvalue weighted by atomic mass is 16.6. The van der Waals surface area contributed by atoms with Gasteiger partial charge in [0.15, 0.2) is 41.5 Å². The second-order valence-corrected chi connectivity index (χ2v) is 7.56. The van der Waals surface area contributed by atoms with E-state index in [9.17, 15) is 14.7 Å². The van der Waals surface area contributed by atoms with Crippen LogP contribution in [0.15, 0.2) is 12.7 Å². The Hall–Kier alpha value is -3.23. The van der Waals surface area contributed by atoms with Crippen molar-refractivity contribution in [3.8, 4) is 12.3 Å². The number of aromatic nitrogens is 4. The topological polar surface area (TPSA) is 138 Å². The third-order valence-electron chi connectivity index (χ3n) is 5.39. The number of rotatable bonds is 5. The molecule has 1 aliphatic carbocycles. The molecule has 4 rings (SSSR count). The van der Waals surface area contributed by atoms with Crippen molar-refractivity contribution < 1.29 is 28.9 Å². The molecule has 3 heterocycles. The van der Waals surface area contributed by atoms with E-state index in [-0.39, 0.29) is 6.04 Å². The van der Waals surface area contributed by atoms with E-state index in [1.54, 1.807) is 4.57 Å². The molecular weight excluding hydrogens is 406 g/mol. The lowest BCUT2D eigenvalue weighted by molar-refractivity contribution is -0.165. The van der Waals surface area contributed by atoms with Gasteiger partial charge in [-0.25, -0.2) is 15.0 Å². The van der Waals surface area contributed by atoms with Crippen LogP contribution < -0.4 is 5.32 Å². The SMILES string of the molecule is C#C[C@H]1O[C@@H](n2cnc3c(N[C@H]4CCC[C@@H]4O)ncnc32)[C@H](OC(C)=O)[C@@H]1OC(C)=O. The van der Waals surface area contributed by atoms with Crippen molar-refractivity contribution >= 4 is 28.9 Å². The Kier molecular flexibility index (Phi) is 5.75. The fourth-order valence-corrected chi connectivity index (χ4v) is 4.06. The highest BCUT2D eigenvalue weighted by molar-refractivity contribution is 5.83. The summed E-state index contributed by atoms with van der Waals surface area (Å²) >= 11 is 0. The Morgan fingerprint density at radius 1 is 1.23 bits per heavy atom. The number of hydrogen-bond donors (Lipinski definition) is 2. The number of nitrogens with one attached hydrogen (secondary N) is 1. The summed E-state index contributed by atoms with van der Waals surface area (Å²) in [5, 5.41) is 13.3. The molecule has 1 saturated carbocycles. The zero-order valence-electron chi connectivity index (χ0n) is 17.1. The first-order chi connectivity index (χ1) is 14.9. The number of carbonyl (C=O) groups excluding carboxylic acids is 2. The number of ether oxygens (including phenoxy) is 3. The molecule has 164 valence electrons. The van der Waals surface area contributed by atoms with Crippen molar-refractivity contribution in [2.45, 2.75) is 69.8 Å². The second-order valence-electron chi connectivity index (χ2n) is 7.56. The monoisotopic (exact) mass is 429 g/mol. The van der Waals surface area contributed by atoms with Crippen LogP contribution in [0.4, 0.5) is 5.82 Å². The standard InChI is InChI=1S/C20H23N5O6/c1-4-14-16(29-10(2)26)17(30-11(3)27)20(31-14)25-9-23-15-18(21-8-22-19(15)25)24-12-6-5-7-13(12)28/h1,8-9,12-14,16-17,20,28H,5-7H2,2-3H3,(H,21,22,24)/t12-,13-,14+,16+,17+,20+/m0/s1. The van der Waals surface area contributed by atoms with Gasteiger partial charge in [-0.15, -0.1) is 6.42 Å². The summed E-state index contributed by atoms with van der Waals surface area (Å²) in [6, 6.07) is -0.126. The van der Waals surface area contributed by atoms with Crippen LogP contribution in [0.2, 0.25) is 0 Å². The molecule has 11 nitrogen and oxygen atoms in total. The number of fused-ring (bicyclic) bond motifs is 1. The number of nitrogens with zero attached hydrogens (tertiary/aromatic N) is 4. The van der Waals surface area contributed by atoms with E-state index in [0.717, 1.165) is 19.3 Å². The molecule has 1 aliphatic heterocycles. The lowest BCUT2D eigenvalue weighted by Gasteiger charge is -2.23.